The second kappa shape index (κ2) is 8.00. The molecule has 2 aromatic carbocycles. The molecule has 0 saturated heterocycles. The number of anilines is 4. The number of nitrogens with zero attached hydrogens (tertiary/aromatic N) is 3. The SMILES string of the molecule is Cc1ccc2cccc(Nc3ncnc(NNC(=O)c4ccc(F)cc4)c3N)c2n1. The molecule has 9 heteroatoms. The van der Waals surface area contributed by atoms with E-state index in [0.717, 1.165) is 22.3 Å². The standard InChI is InChI=1S/C21H18FN7O/c1-12-5-6-13-3-2-4-16(18(13)26-12)27-19-17(23)20(25-11-24-19)28-29-21(30)14-7-9-15(22)10-8-14/h2-11H,23H2,1H3,(H,29,30)(H2,24,25,27,28). The average molecular weight is 403 g/mol. The highest BCUT2D eigenvalue weighted by Gasteiger charge is 2.12. The number of carbonyl (C=O) groups is 1. The van der Waals surface area contributed by atoms with Crippen LogP contribution in [-0.4, -0.2) is 20.9 Å². The van der Waals surface area contributed by atoms with Gasteiger partial charge in [0.05, 0.1) is 11.2 Å². The number of aryl methyl sites for hydroxylation is 1. The Balaban J connectivity index is 1.54. The highest BCUT2D eigenvalue weighted by Crippen LogP contribution is 2.29. The summed E-state index contributed by atoms with van der Waals surface area (Å²) in [4.78, 5) is 25.0. The number of aromatic nitrogens is 3. The van der Waals surface area contributed by atoms with Crippen LogP contribution in [0.15, 0.2) is 60.9 Å². The van der Waals surface area contributed by atoms with Gasteiger partial charge in [-0.2, -0.15) is 0 Å². The quantitative estimate of drug-likeness (QED) is 0.376. The molecule has 8 nitrogen and oxygen atoms in total. The topological polar surface area (TPSA) is 118 Å². The van der Waals surface area contributed by atoms with Gasteiger partial charge >= 0.3 is 0 Å². The van der Waals surface area contributed by atoms with E-state index < -0.39 is 11.7 Å². The minimum Gasteiger partial charge on any atom is -0.393 e. The largest absolute Gasteiger partial charge is 0.393 e. The van der Waals surface area contributed by atoms with Crippen LogP contribution >= 0.6 is 0 Å². The van der Waals surface area contributed by atoms with Crippen molar-refractivity contribution in [3.05, 3.63) is 78.0 Å². The lowest BCUT2D eigenvalue weighted by Gasteiger charge is -2.14. The lowest BCUT2D eigenvalue weighted by atomic mass is 10.1. The maximum atomic E-state index is 13.0. The molecule has 0 radical (unpaired) electrons. The Labute approximate surface area is 171 Å². The maximum Gasteiger partial charge on any atom is 0.269 e. The van der Waals surface area contributed by atoms with E-state index in [-0.39, 0.29) is 17.1 Å². The van der Waals surface area contributed by atoms with Crippen molar-refractivity contribution in [2.24, 2.45) is 0 Å². The summed E-state index contributed by atoms with van der Waals surface area (Å²) in [7, 11) is 0. The van der Waals surface area contributed by atoms with E-state index in [1.165, 1.54) is 30.6 Å². The number of halogens is 1. The molecule has 0 spiro atoms. The molecule has 0 atom stereocenters. The number of hydrazine groups is 1. The van der Waals surface area contributed by atoms with Crippen LogP contribution in [0.25, 0.3) is 10.9 Å². The Bertz CT molecular complexity index is 1230. The smallest absolute Gasteiger partial charge is 0.269 e. The summed E-state index contributed by atoms with van der Waals surface area (Å²) in [5, 5.41) is 4.15. The molecule has 0 fully saturated rings. The fourth-order valence-corrected chi connectivity index (χ4v) is 2.86. The minimum absolute atomic E-state index is 0.210. The fourth-order valence-electron chi connectivity index (χ4n) is 2.86. The van der Waals surface area contributed by atoms with E-state index in [1.54, 1.807) is 0 Å². The number of benzene rings is 2. The molecule has 0 aliphatic heterocycles. The van der Waals surface area contributed by atoms with Gasteiger partial charge in [-0.15, -0.1) is 0 Å². The van der Waals surface area contributed by atoms with E-state index in [9.17, 15) is 9.18 Å². The number of para-hydroxylation sites is 1. The van der Waals surface area contributed by atoms with Gasteiger partial charge in [0.1, 0.15) is 17.8 Å². The lowest BCUT2D eigenvalue weighted by Crippen LogP contribution is -2.30. The Hall–Kier alpha value is -4.27. The molecular weight excluding hydrogens is 385 g/mol. The number of amides is 1. The van der Waals surface area contributed by atoms with Crippen molar-refractivity contribution in [2.45, 2.75) is 6.92 Å². The number of hydrogen-bond acceptors (Lipinski definition) is 7. The van der Waals surface area contributed by atoms with Gasteiger partial charge in [0.2, 0.25) is 0 Å². The minimum atomic E-state index is -0.462. The first kappa shape index (κ1) is 19.1. The van der Waals surface area contributed by atoms with Crippen molar-refractivity contribution in [1.29, 1.82) is 0 Å². The van der Waals surface area contributed by atoms with Gasteiger partial charge in [-0.3, -0.25) is 20.6 Å². The van der Waals surface area contributed by atoms with Crippen molar-refractivity contribution < 1.29 is 9.18 Å². The summed E-state index contributed by atoms with van der Waals surface area (Å²) in [5.41, 5.74) is 14.2. The summed E-state index contributed by atoms with van der Waals surface area (Å²) in [6.07, 6.45) is 1.31. The second-order valence-electron chi connectivity index (χ2n) is 6.53. The van der Waals surface area contributed by atoms with Crippen LogP contribution in [0.2, 0.25) is 0 Å². The van der Waals surface area contributed by atoms with E-state index in [0.29, 0.717) is 5.82 Å². The Morgan fingerprint density at radius 2 is 1.77 bits per heavy atom. The maximum absolute atomic E-state index is 13.0. The molecular formula is C21H18FN7O. The number of rotatable bonds is 5. The third kappa shape index (κ3) is 3.95. The first-order valence-corrected chi connectivity index (χ1v) is 9.07. The van der Waals surface area contributed by atoms with Crippen LogP contribution in [0.4, 0.5) is 27.4 Å². The van der Waals surface area contributed by atoms with Gasteiger partial charge < -0.3 is 11.1 Å². The molecule has 30 heavy (non-hydrogen) atoms. The fraction of sp³-hybridized carbons (Fsp3) is 0.0476. The van der Waals surface area contributed by atoms with Gasteiger partial charge in [-0.1, -0.05) is 18.2 Å². The molecule has 4 aromatic rings. The Morgan fingerprint density at radius 1 is 1.00 bits per heavy atom. The highest BCUT2D eigenvalue weighted by atomic mass is 19.1. The first-order chi connectivity index (χ1) is 14.5. The molecule has 1 amide bonds. The van der Waals surface area contributed by atoms with Crippen molar-refractivity contribution >= 4 is 39.8 Å². The lowest BCUT2D eigenvalue weighted by molar-refractivity contribution is 0.0962. The number of nitrogens with one attached hydrogen (secondary N) is 3. The van der Waals surface area contributed by atoms with Crippen molar-refractivity contribution in [1.82, 2.24) is 20.4 Å². The van der Waals surface area contributed by atoms with E-state index >= 15 is 0 Å². The number of hydrogen-bond donors (Lipinski definition) is 4. The number of fused-ring (bicyclic) bond motifs is 1. The number of pyridine rings is 1. The molecule has 2 aromatic heterocycles. The molecule has 4 rings (SSSR count). The summed E-state index contributed by atoms with van der Waals surface area (Å²) >= 11 is 0. The van der Waals surface area contributed by atoms with Gasteiger partial charge in [0.25, 0.3) is 5.91 Å². The third-order valence-electron chi connectivity index (χ3n) is 4.40. The van der Waals surface area contributed by atoms with Crippen LogP contribution in [0, 0.1) is 12.7 Å². The first-order valence-electron chi connectivity index (χ1n) is 9.07. The van der Waals surface area contributed by atoms with Crippen LogP contribution < -0.4 is 21.9 Å². The molecule has 0 aliphatic rings. The van der Waals surface area contributed by atoms with E-state index in [2.05, 4.69) is 31.1 Å². The van der Waals surface area contributed by atoms with Crippen molar-refractivity contribution in [2.75, 3.05) is 16.5 Å². The zero-order chi connectivity index (χ0) is 21.1. The number of nitrogen functional groups attached to an aromatic ring is 1. The second-order valence-corrected chi connectivity index (χ2v) is 6.53. The highest BCUT2D eigenvalue weighted by molar-refractivity contribution is 5.96. The zero-order valence-electron chi connectivity index (χ0n) is 16.0. The van der Waals surface area contributed by atoms with E-state index in [4.69, 9.17) is 5.73 Å². The van der Waals surface area contributed by atoms with E-state index in [1.807, 2.05) is 37.3 Å². The number of carbonyl (C=O) groups excluding carboxylic acids is 1. The normalized spacial score (nSPS) is 10.6. The van der Waals surface area contributed by atoms with Crippen LogP contribution in [-0.2, 0) is 0 Å². The third-order valence-corrected chi connectivity index (χ3v) is 4.40. The molecule has 0 bridgehead atoms. The predicted octanol–water partition coefficient (Wildman–Crippen LogP) is 3.56. The molecule has 150 valence electrons. The van der Waals surface area contributed by atoms with Gasteiger partial charge in [-0.25, -0.2) is 14.4 Å². The van der Waals surface area contributed by atoms with Crippen LogP contribution in [0.1, 0.15) is 16.1 Å². The average Bonchev–Trinajstić information content (AvgIpc) is 2.75. The summed E-state index contributed by atoms with van der Waals surface area (Å²) in [6.45, 7) is 1.92. The molecule has 0 aliphatic carbocycles. The monoisotopic (exact) mass is 403 g/mol. The molecule has 2 heterocycles. The summed E-state index contributed by atoms with van der Waals surface area (Å²) in [5.74, 6) is -0.309. The van der Waals surface area contributed by atoms with Crippen molar-refractivity contribution in [3.8, 4) is 0 Å². The van der Waals surface area contributed by atoms with Gasteiger partial charge in [0.15, 0.2) is 11.6 Å². The summed E-state index contributed by atoms with van der Waals surface area (Å²) < 4.78 is 13.0. The van der Waals surface area contributed by atoms with Crippen LogP contribution in [0.5, 0.6) is 0 Å². The molecule has 5 N–H and O–H groups in total. The zero-order valence-corrected chi connectivity index (χ0v) is 16.0. The Kier molecular flexibility index (Phi) is 5.08. The number of nitrogens with two attached hydrogens (primary N) is 1. The van der Waals surface area contributed by atoms with Crippen molar-refractivity contribution in [3.63, 3.8) is 0 Å². The molecule has 0 saturated carbocycles. The van der Waals surface area contributed by atoms with Gasteiger partial charge in [0, 0.05) is 16.6 Å². The van der Waals surface area contributed by atoms with Crippen LogP contribution in [0.3, 0.4) is 0 Å². The Morgan fingerprint density at radius 3 is 2.57 bits per heavy atom. The predicted molar refractivity (Wildman–Crippen MR) is 114 cm³/mol. The summed E-state index contributed by atoms with van der Waals surface area (Å²) in [6, 6.07) is 14.8. The molecule has 0 unspecified atom stereocenters. The van der Waals surface area contributed by atoms with Gasteiger partial charge in [-0.05, 0) is 43.3 Å².